The number of halogens is 2. The predicted octanol–water partition coefficient (Wildman–Crippen LogP) is 3.79. The highest BCUT2D eigenvalue weighted by Gasteiger charge is 2.04. The standard InChI is InChI=1S/C11H9Br2NOS/c1-7-2-8(12)4-14(11(7)15)5-10-3-9(13)6-16-10/h2-4,6H,5H2,1H3. The molecule has 0 amide bonds. The van der Waals surface area contributed by atoms with E-state index in [1.54, 1.807) is 15.9 Å². The van der Waals surface area contributed by atoms with Crippen LogP contribution in [0.5, 0.6) is 0 Å². The Morgan fingerprint density at radius 3 is 2.69 bits per heavy atom. The summed E-state index contributed by atoms with van der Waals surface area (Å²) in [6.07, 6.45) is 1.82. The average molecular weight is 363 g/mol. The van der Waals surface area contributed by atoms with Gasteiger partial charge in [0.25, 0.3) is 5.56 Å². The highest BCUT2D eigenvalue weighted by Crippen LogP contribution is 2.20. The molecular formula is C11H9Br2NOS. The molecular weight excluding hydrogens is 354 g/mol. The lowest BCUT2D eigenvalue weighted by molar-refractivity contribution is 0.759. The second-order valence-corrected chi connectivity index (χ2v) is 6.33. The lowest BCUT2D eigenvalue weighted by Crippen LogP contribution is -2.21. The zero-order valence-corrected chi connectivity index (χ0v) is 12.5. The predicted molar refractivity (Wildman–Crippen MR) is 74.3 cm³/mol. The summed E-state index contributed by atoms with van der Waals surface area (Å²) in [7, 11) is 0. The van der Waals surface area contributed by atoms with Gasteiger partial charge in [0.1, 0.15) is 0 Å². The molecule has 2 rings (SSSR count). The minimum Gasteiger partial charge on any atom is -0.309 e. The van der Waals surface area contributed by atoms with Crippen molar-refractivity contribution >= 4 is 43.2 Å². The van der Waals surface area contributed by atoms with Crippen molar-refractivity contribution in [1.82, 2.24) is 4.57 Å². The Hall–Kier alpha value is -0.390. The maximum Gasteiger partial charge on any atom is 0.253 e. The van der Waals surface area contributed by atoms with Crippen molar-refractivity contribution in [3.63, 3.8) is 0 Å². The molecule has 2 aromatic rings. The van der Waals surface area contributed by atoms with Crippen molar-refractivity contribution in [2.45, 2.75) is 13.5 Å². The van der Waals surface area contributed by atoms with Crippen LogP contribution < -0.4 is 5.56 Å². The average Bonchev–Trinajstić information content (AvgIpc) is 2.60. The molecule has 0 atom stereocenters. The van der Waals surface area contributed by atoms with Crippen molar-refractivity contribution in [3.05, 3.63) is 53.4 Å². The molecule has 0 aliphatic heterocycles. The zero-order chi connectivity index (χ0) is 11.7. The SMILES string of the molecule is Cc1cc(Br)cn(Cc2cc(Br)cs2)c1=O. The van der Waals surface area contributed by atoms with Crippen LogP contribution in [0.1, 0.15) is 10.4 Å². The minimum absolute atomic E-state index is 0.0627. The number of pyridine rings is 1. The van der Waals surface area contributed by atoms with Gasteiger partial charge in [0.05, 0.1) is 6.54 Å². The summed E-state index contributed by atoms with van der Waals surface area (Å²) >= 11 is 8.45. The topological polar surface area (TPSA) is 22.0 Å². The number of aryl methyl sites for hydroxylation is 1. The Labute approximate surface area is 114 Å². The summed E-state index contributed by atoms with van der Waals surface area (Å²) in [5.41, 5.74) is 0.817. The normalized spacial score (nSPS) is 10.7. The molecule has 0 bridgehead atoms. The monoisotopic (exact) mass is 361 g/mol. The zero-order valence-electron chi connectivity index (χ0n) is 8.54. The van der Waals surface area contributed by atoms with Gasteiger partial charge in [0.15, 0.2) is 0 Å². The Morgan fingerprint density at radius 2 is 2.06 bits per heavy atom. The molecule has 0 unspecified atom stereocenters. The minimum atomic E-state index is 0.0627. The first-order valence-electron chi connectivity index (χ1n) is 4.66. The fourth-order valence-electron chi connectivity index (χ4n) is 1.46. The van der Waals surface area contributed by atoms with Crippen LogP contribution in [-0.4, -0.2) is 4.57 Å². The summed E-state index contributed by atoms with van der Waals surface area (Å²) in [6, 6.07) is 3.87. The largest absolute Gasteiger partial charge is 0.309 e. The summed E-state index contributed by atoms with van der Waals surface area (Å²) in [6.45, 7) is 2.45. The van der Waals surface area contributed by atoms with Crippen LogP contribution in [0.2, 0.25) is 0 Å². The van der Waals surface area contributed by atoms with Crippen LogP contribution in [-0.2, 0) is 6.54 Å². The number of nitrogens with zero attached hydrogens (tertiary/aromatic N) is 1. The van der Waals surface area contributed by atoms with E-state index in [4.69, 9.17) is 0 Å². The van der Waals surface area contributed by atoms with Gasteiger partial charge in [-0.15, -0.1) is 11.3 Å². The van der Waals surface area contributed by atoms with Gasteiger partial charge < -0.3 is 4.57 Å². The van der Waals surface area contributed by atoms with Gasteiger partial charge >= 0.3 is 0 Å². The second-order valence-electron chi connectivity index (χ2n) is 3.51. The van der Waals surface area contributed by atoms with E-state index < -0.39 is 0 Å². The molecule has 5 heteroatoms. The van der Waals surface area contributed by atoms with Crippen molar-refractivity contribution < 1.29 is 0 Å². The first-order chi connectivity index (χ1) is 7.56. The number of rotatable bonds is 2. The molecule has 0 aromatic carbocycles. The van der Waals surface area contributed by atoms with E-state index in [0.717, 1.165) is 19.4 Å². The summed E-state index contributed by atoms with van der Waals surface area (Å²) in [5, 5.41) is 2.02. The van der Waals surface area contributed by atoms with E-state index in [1.807, 2.05) is 30.6 Å². The van der Waals surface area contributed by atoms with Gasteiger partial charge in [-0.3, -0.25) is 4.79 Å². The quantitative estimate of drug-likeness (QED) is 0.796. The van der Waals surface area contributed by atoms with Gasteiger partial charge in [-0.2, -0.15) is 0 Å². The maximum absolute atomic E-state index is 11.9. The Kier molecular flexibility index (Phi) is 3.66. The van der Waals surface area contributed by atoms with E-state index in [1.165, 1.54) is 0 Å². The lowest BCUT2D eigenvalue weighted by atomic mass is 10.3. The fraction of sp³-hybridized carbons (Fsp3) is 0.182. The molecule has 0 fully saturated rings. The summed E-state index contributed by atoms with van der Waals surface area (Å²) in [4.78, 5) is 13.0. The third-order valence-corrected chi connectivity index (χ3v) is 4.30. The molecule has 16 heavy (non-hydrogen) atoms. The molecule has 0 radical (unpaired) electrons. The molecule has 2 heterocycles. The molecule has 2 aromatic heterocycles. The molecule has 0 aliphatic rings. The van der Waals surface area contributed by atoms with E-state index in [0.29, 0.717) is 6.54 Å². The number of hydrogen-bond acceptors (Lipinski definition) is 2. The Balaban J connectivity index is 2.38. The summed E-state index contributed by atoms with van der Waals surface area (Å²) in [5.74, 6) is 0. The molecule has 0 saturated carbocycles. The van der Waals surface area contributed by atoms with Crippen LogP contribution in [0.3, 0.4) is 0 Å². The Morgan fingerprint density at radius 1 is 1.31 bits per heavy atom. The van der Waals surface area contributed by atoms with Gasteiger partial charge in [-0.1, -0.05) is 0 Å². The van der Waals surface area contributed by atoms with Crippen molar-refractivity contribution in [2.75, 3.05) is 0 Å². The van der Waals surface area contributed by atoms with Crippen LogP contribution in [0, 0.1) is 6.92 Å². The molecule has 0 N–H and O–H groups in total. The molecule has 2 nitrogen and oxygen atoms in total. The number of aromatic nitrogens is 1. The molecule has 0 spiro atoms. The third kappa shape index (κ3) is 2.64. The highest BCUT2D eigenvalue weighted by atomic mass is 79.9. The van der Waals surface area contributed by atoms with E-state index in [2.05, 4.69) is 31.9 Å². The van der Waals surface area contributed by atoms with Gasteiger partial charge in [0, 0.05) is 31.0 Å². The molecule has 0 aliphatic carbocycles. The second kappa shape index (κ2) is 4.85. The van der Waals surface area contributed by atoms with E-state index in [-0.39, 0.29) is 5.56 Å². The van der Waals surface area contributed by atoms with E-state index in [9.17, 15) is 4.79 Å². The lowest BCUT2D eigenvalue weighted by Gasteiger charge is -2.05. The van der Waals surface area contributed by atoms with Crippen molar-refractivity contribution in [2.24, 2.45) is 0 Å². The Bertz CT molecular complexity index is 574. The summed E-state index contributed by atoms with van der Waals surface area (Å²) < 4.78 is 3.71. The molecule has 0 saturated heterocycles. The van der Waals surface area contributed by atoms with Gasteiger partial charge in [-0.05, 0) is 50.9 Å². The van der Waals surface area contributed by atoms with Gasteiger partial charge in [0.2, 0.25) is 0 Å². The van der Waals surface area contributed by atoms with Crippen LogP contribution in [0.15, 0.2) is 37.4 Å². The van der Waals surface area contributed by atoms with E-state index >= 15 is 0 Å². The smallest absolute Gasteiger partial charge is 0.253 e. The third-order valence-electron chi connectivity index (χ3n) is 2.18. The van der Waals surface area contributed by atoms with Crippen LogP contribution in [0.25, 0.3) is 0 Å². The van der Waals surface area contributed by atoms with Gasteiger partial charge in [-0.25, -0.2) is 0 Å². The number of hydrogen-bond donors (Lipinski definition) is 0. The first-order valence-corrected chi connectivity index (χ1v) is 7.12. The van der Waals surface area contributed by atoms with Crippen molar-refractivity contribution in [1.29, 1.82) is 0 Å². The van der Waals surface area contributed by atoms with Crippen LogP contribution in [0.4, 0.5) is 0 Å². The molecule has 84 valence electrons. The number of thiophene rings is 1. The highest BCUT2D eigenvalue weighted by molar-refractivity contribution is 9.10. The first kappa shape index (κ1) is 12.1. The van der Waals surface area contributed by atoms with Crippen molar-refractivity contribution in [3.8, 4) is 0 Å². The fourth-order valence-corrected chi connectivity index (χ4v) is 3.50. The van der Waals surface area contributed by atoms with Crippen LogP contribution >= 0.6 is 43.2 Å². The maximum atomic E-state index is 11.9.